The van der Waals surface area contributed by atoms with Gasteiger partial charge in [-0.2, -0.15) is 0 Å². The summed E-state index contributed by atoms with van der Waals surface area (Å²) in [5.41, 5.74) is 2.56. The molecule has 0 spiro atoms. The smallest absolute Gasteiger partial charge is 0.407 e. The summed E-state index contributed by atoms with van der Waals surface area (Å²) >= 11 is 0. The van der Waals surface area contributed by atoms with Crippen LogP contribution in [0.1, 0.15) is 30.4 Å². The van der Waals surface area contributed by atoms with E-state index in [2.05, 4.69) is 59.2 Å². The van der Waals surface area contributed by atoms with E-state index in [9.17, 15) is 4.79 Å². The Kier molecular flexibility index (Phi) is 5.49. The van der Waals surface area contributed by atoms with Crippen molar-refractivity contribution in [3.63, 3.8) is 0 Å². The number of carbonyl (C=O) groups excluding carboxylic acids is 1. The molecule has 2 aromatic rings. The summed E-state index contributed by atoms with van der Waals surface area (Å²) in [7, 11) is 0. The summed E-state index contributed by atoms with van der Waals surface area (Å²) in [5, 5.41) is 6.24. The Morgan fingerprint density at radius 1 is 1.12 bits per heavy atom. The van der Waals surface area contributed by atoms with Crippen molar-refractivity contribution in [1.82, 2.24) is 10.6 Å². The zero-order valence-corrected chi connectivity index (χ0v) is 13.9. The third-order valence-electron chi connectivity index (χ3n) is 4.44. The summed E-state index contributed by atoms with van der Waals surface area (Å²) in [4.78, 5) is 11.7. The van der Waals surface area contributed by atoms with Crippen LogP contribution in [0.4, 0.5) is 4.79 Å². The summed E-state index contributed by atoms with van der Waals surface area (Å²) in [6.45, 7) is 3.16. The molecule has 2 aromatic carbocycles. The first kappa shape index (κ1) is 16.5. The monoisotopic (exact) mass is 324 g/mol. The maximum atomic E-state index is 11.7. The van der Waals surface area contributed by atoms with E-state index in [1.807, 2.05) is 19.1 Å². The molecule has 0 saturated carbocycles. The molecule has 0 aromatic heterocycles. The average molecular weight is 324 g/mol. The quantitative estimate of drug-likeness (QED) is 0.887. The van der Waals surface area contributed by atoms with E-state index in [1.165, 1.54) is 11.1 Å². The molecule has 1 fully saturated rings. The van der Waals surface area contributed by atoms with Crippen LogP contribution in [-0.2, 0) is 4.74 Å². The predicted octanol–water partition coefficient (Wildman–Crippen LogP) is 3.30. The topological polar surface area (TPSA) is 50.4 Å². The molecule has 4 heteroatoms. The first-order valence-corrected chi connectivity index (χ1v) is 8.55. The molecule has 4 nitrogen and oxygen atoms in total. The maximum Gasteiger partial charge on any atom is 0.407 e. The van der Waals surface area contributed by atoms with E-state index < -0.39 is 0 Å². The van der Waals surface area contributed by atoms with Crippen molar-refractivity contribution in [2.24, 2.45) is 0 Å². The Hall–Kier alpha value is -2.33. The molecule has 3 rings (SSSR count). The van der Waals surface area contributed by atoms with Crippen LogP contribution < -0.4 is 10.6 Å². The van der Waals surface area contributed by atoms with Crippen LogP contribution >= 0.6 is 0 Å². The second-order valence-corrected chi connectivity index (χ2v) is 6.11. The molecule has 1 aliphatic rings. The number of ether oxygens (including phenoxy) is 1. The summed E-state index contributed by atoms with van der Waals surface area (Å²) in [6.07, 6.45) is 0.392. The second kappa shape index (κ2) is 7.97. The number of amides is 1. The standard InChI is InChI=1S/C20H24N2O2/c1-2-21-20(23)24-17-13-18(22-14-17)19(15-9-5-3-6-10-15)16-11-7-4-8-12-16/h3-12,17-19,22H,2,13-14H2,1H3,(H,21,23)/t17-,18-/m1/s1. The Morgan fingerprint density at radius 2 is 1.71 bits per heavy atom. The highest BCUT2D eigenvalue weighted by Crippen LogP contribution is 2.32. The lowest BCUT2D eigenvalue weighted by Gasteiger charge is -2.25. The molecule has 24 heavy (non-hydrogen) atoms. The van der Waals surface area contributed by atoms with E-state index in [0.717, 1.165) is 6.42 Å². The van der Waals surface area contributed by atoms with Crippen molar-refractivity contribution in [3.8, 4) is 0 Å². The van der Waals surface area contributed by atoms with E-state index in [4.69, 9.17) is 4.74 Å². The SMILES string of the molecule is CCNC(=O)O[C@H]1CN[C@@H](C(c2ccccc2)c2ccccc2)C1. The van der Waals surface area contributed by atoms with Crippen LogP contribution in [0, 0.1) is 0 Å². The molecule has 0 unspecified atom stereocenters. The van der Waals surface area contributed by atoms with Gasteiger partial charge < -0.3 is 15.4 Å². The number of nitrogens with one attached hydrogen (secondary N) is 2. The van der Waals surface area contributed by atoms with E-state index in [-0.39, 0.29) is 24.2 Å². The molecule has 0 aliphatic carbocycles. The normalized spacial score (nSPS) is 20.1. The number of benzene rings is 2. The highest BCUT2D eigenvalue weighted by molar-refractivity contribution is 5.67. The lowest BCUT2D eigenvalue weighted by atomic mass is 9.84. The summed E-state index contributed by atoms with van der Waals surface area (Å²) < 4.78 is 5.49. The fourth-order valence-electron chi connectivity index (χ4n) is 3.39. The molecule has 126 valence electrons. The Labute approximate surface area is 143 Å². The highest BCUT2D eigenvalue weighted by atomic mass is 16.6. The van der Waals surface area contributed by atoms with Gasteiger partial charge in [0.15, 0.2) is 0 Å². The van der Waals surface area contributed by atoms with Crippen LogP contribution in [0.3, 0.4) is 0 Å². The van der Waals surface area contributed by atoms with E-state index in [1.54, 1.807) is 0 Å². The van der Waals surface area contributed by atoms with Gasteiger partial charge in [0.1, 0.15) is 6.10 Å². The van der Waals surface area contributed by atoms with Crippen molar-refractivity contribution >= 4 is 6.09 Å². The summed E-state index contributed by atoms with van der Waals surface area (Å²) in [5.74, 6) is 0.246. The van der Waals surface area contributed by atoms with Gasteiger partial charge in [-0.05, 0) is 18.1 Å². The Bertz CT molecular complexity index is 606. The Balaban J connectivity index is 1.77. The van der Waals surface area contributed by atoms with Crippen molar-refractivity contribution in [1.29, 1.82) is 0 Å². The van der Waals surface area contributed by atoms with Crippen molar-refractivity contribution in [2.75, 3.05) is 13.1 Å². The number of rotatable bonds is 5. The van der Waals surface area contributed by atoms with Gasteiger partial charge in [0.2, 0.25) is 0 Å². The van der Waals surface area contributed by atoms with E-state index in [0.29, 0.717) is 13.1 Å². The van der Waals surface area contributed by atoms with Crippen LogP contribution in [0.25, 0.3) is 0 Å². The minimum absolute atomic E-state index is 0.0866. The fourth-order valence-corrected chi connectivity index (χ4v) is 3.39. The lowest BCUT2D eigenvalue weighted by Crippen LogP contribution is -2.30. The maximum absolute atomic E-state index is 11.7. The lowest BCUT2D eigenvalue weighted by molar-refractivity contribution is 0.106. The molecule has 1 aliphatic heterocycles. The number of carbonyl (C=O) groups is 1. The molecule has 1 amide bonds. The minimum Gasteiger partial charge on any atom is -0.445 e. The van der Waals surface area contributed by atoms with Gasteiger partial charge in [0.05, 0.1) is 0 Å². The third-order valence-corrected chi connectivity index (χ3v) is 4.44. The predicted molar refractivity (Wildman–Crippen MR) is 95.1 cm³/mol. The molecular weight excluding hydrogens is 300 g/mol. The molecule has 1 heterocycles. The molecule has 2 N–H and O–H groups in total. The number of hydrogen-bond donors (Lipinski definition) is 2. The van der Waals surface area contributed by atoms with Gasteiger partial charge in [-0.25, -0.2) is 4.79 Å². The summed E-state index contributed by atoms with van der Waals surface area (Å²) in [6, 6.07) is 21.3. The molecular formula is C20H24N2O2. The van der Waals surface area contributed by atoms with Gasteiger partial charge in [-0.1, -0.05) is 60.7 Å². The van der Waals surface area contributed by atoms with Gasteiger partial charge in [0, 0.05) is 31.5 Å². The van der Waals surface area contributed by atoms with Crippen LogP contribution in [0.2, 0.25) is 0 Å². The number of hydrogen-bond acceptors (Lipinski definition) is 3. The van der Waals surface area contributed by atoms with Crippen molar-refractivity contribution in [2.45, 2.75) is 31.4 Å². The van der Waals surface area contributed by atoms with Crippen molar-refractivity contribution < 1.29 is 9.53 Å². The average Bonchev–Trinajstić information content (AvgIpc) is 3.05. The zero-order valence-electron chi connectivity index (χ0n) is 13.9. The number of alkyl carbamates (subject to hydrolysis) is 1. The third kappa shape index (κ3) is 3.95. The van der Waals surface area contributed by atoms with Crippen LogP contribution in [0.5, 0.6) is 0 Å². The second-order valence-electron chi connectivity index (χ2n) is 6.11. The van der Waals surface area contributed by atoms with Gasteiger partial charge >= 0.3 is 6.09 Å². The van der Waals surface area contributed by atoms with Gasteiger partial charge in [0.25, 0.3) is 0 Å². The zero-order chi connectivity index (χ0) is 16.8. The fraction of sp³-hybridized carbons (Fsp3) is 0.350. The van der Waals surface area contributed by atoms with Gasteiger partial charge in [-0.3, -0.25) is 0 Å². The van der Waals surface area contributed by atoms with E-state index >= 15 is 0 Å². The molecule has 0 bridgehead atoms. The van der Waals surface area contributed by atoms with Crippen molar-refractivity contribution in [3.05, 3.63) is 71.8 Å². The highest BCUT2D eigenvalue weighted by Gasteiger charge is 2.34. The molecule has 0 radical (unpaired) electrons. The van der Waals surface area contributed by atoms with Crippen LogP contribution in [-0.4, -0.2) is 31.3 Å². The molecule has 1 saturated heterocycles. The van der Waals surface area contributed by atoms with Gasteiger partial charge in [-0.15, -0.1) is 0 Å². The Morgan fingerprint density at radius 3 is 2.25 bits per heavy atom. The largest absolute Gasteiger partial charge is 0.445 e. The minimum atomic E-state index is -0.332. The first-order valence-electron chi connectivity index (χ1n) is 8.55. The first-order chi connectivity index (χ1) is 11.8. The molecule has 2 atom stereocenters. The van der Waals surface area contributed by atoms with Crippen LogP contribution in [0.15, 0.2) is 60.7 Å².